The number of ether oxygens (including phenoxy) is 1. The Balaban J connectivity index is 1.61. The van der Waals surface area contributed by atoms with E-state index in [9.17, 15) is 9.90 Å². The lowest BCUT2D eigenvalue weighted by Crippen LogP contribution is -2.29. The summed E-state index contributed by atoms with van der Waals surface area (Å²) in [7, 11) is 0. The van der Waals surface area contributed by atoms with Gasteiger partial charge in [-0.15, -0.1) is 0 Å². The molecular formula is C24H25NO3. The number of fused-ring (bicyclic) bond motifs is 1. The number of piperidine rings is 1. The summed E-state index contributed by atoms with van der Waals surface area (Å²) >= 11 is 0. The van der Waals surface area contributed by atoms with Crippen molar-refractivity contribution in [1.82, 2.24) is 4.90 Å². The molecule has 144 valence electrons. The van der Waals surface area contributed by atoms with Crippen molar-refractivity contribution in [3.63, 3.8) is 0 Å². The van der Waals surface area contributed by atoms with E-state index in [1.54, 1.807) is 12.1 Å². The summed E-state index contributed by atoms with van der Waals surface area (Å²) in [6, 6.07) is 11.6. The Labute approximate surface area is 165 Å². The van der Waals surface area contributed by atoms with E-state index in [0.29, 0.717) is 29.2 Å². The van der Waals surface area contributed by atoms with E-state index in [0.717, 1.165) is 24.2 Å². The minimum Gasteiger partial charge on any atom is -0.507 e. The Kier molecular flexibility index (Phi) is 5.31. The molecule has 2 aliphatic rings. The van der Waals surface area contributed by atoms with E-state index in [4.69, 9.17) is 4.74 Å². The van der Waals surface area contributed by atoms with Gasteiger partial charge in [-0.3, -0.25) is 9.69 Å². The van der Waals surface area contributed by atoms with Gasteiger partial charge in [0, 0.05) is 6.54 Å². The zero-order valence-electron chi connectivity index (χ0n) is 16.1. The zero-order valence-corrected chi connectivity index (χ0v) is 16.1. The molecule has 4 heteroatoms. The van der Waals surface area contributed by atoms with Crippen LogP contribution in [0.25, 0.3) is 6.08 Å². The molecule has 0 amide bonds. The molecule has 1 saturated heterocycles. The number of phenols is 1. The molecule has 0 unspecified atom stereocenters. The van der Waals surface area contributed by atoms with E-state index in [2.05, 4.69) is 4.90 Å². The molecule has 4 rings (SSSR count). The molecule has 0 radical (unpaired) electrons. The number of hydrogen-bond acceptors (Lipinski definition) is 4. The van der Waals surface area contributed by atoms with Gasteiger partial charge >= 0.3 is 0 Å². The van der Waals surface area contributed by atoms with Gasteiger partial charge in [-0.25, -0.2) is 0 Å². The predicted octanol–water partition coefficient (Wildman–Crippen LogP) is 4.86. The van der Waals surface area contributed by atoms with Crippen LogP contribution in [0.2, 0.25) is 0 Å². The number of carbonyl (C=O) groups is 1. The lowest BCUT2D eigenvalue weighted by molar-refractivity contribution is 0.101. The van der Waals surface area contributed by atoms with Crippen molar-refractivity contribution in [2.75, 3.05) is 13.1 Å². The molecule has 4 nitrogen and oxygen atoms in total. The number of benzene rings is 2. The second-order valence-corrected chi connectivity index (χ2v) is 7.46. The van der Waals surface area contributed by atoms with Gasteiger partial charge in [0.2, 0.25) is 5.78 Å². The molecule has 1 fully saturated rings. The molecule has 2 aromatic carbocycles. The largest absolute Gasteiger partial charge is 0.507 e. The minimum atomic E-state index is -0.120. The Morgan fingerprint density at radius 3 is 2.64 bits per heavy atom. The third-order valence-corrected chi connectivity index (χ3v) is 5.39. The quantitative estimate of drug-likeness (QED) is 0.776. The first-order chi connectivity index (χ1) is 13.6. The van der Waals surface area contributed by atoms with Crippen LogP contribution in [0.5, 0.6) is 11.5 Å². The summed E-state index contributed by atoms with van der Waals surface area (Å²) in [5.74, 6) is 0.906. The van der Waals surface area contributed by atoms with Gasteiger partial charge < -0.3 is 9.84 Å². The number of aryl methyl sites for hydroxylation is 1. The van der Waals surface area contributed by atoms with Crippen molar-refractivity contribution < 1.29 is 14.6 Å². The van der Waals surface area contributed by atoms with Gasteiger partial charge in [0.25, 0.3) is 0 Å². The molecular weight excluding hydrogens is 350 g/mol. The molecule has 0 aromatic heterocycles. The molecule has 0 saturated carbocycles. The average Bonchev–Trinajstić information content (AvgIpc) is 3.04. The summed E-state index contributed by atoms with van der Waals surface area (Å²) in [4.78, 5) is 15.2. The monoisotopic (exact) mass is 375 g/mol. The Morgan fingerprint density at radius 2 is 1.89 bits per heavy atom. The Morgan fingerprint density at radius 1 is 1.14 bits per heavy atom. The van der Waals surface area contributed by atoms with Crippen molar-refractivity contribution in [3.05, 3.63) is 76.6 Å². The molecule has 2 heterocycles. The average molecular weight is 375 g/mol. The van der Waals surface area contributed by atoms with E-state index < -0.39 is 0 Å². The second kappa shape index (κ2) is 8.03. The molecule has 1 N–H and O–H groups in total. The Hall–Kier alpha value is -2.85. The fourth-order valence-corrected chi connectivity index (χ4v) is 3.90. The lowest BCUT2D eigenvalue weighted by Gasteiger charge is -2.27. The summed E-state index contributed by atoms with van der Waals surface area (Å²) in [5, 5.41) is 10.5. The second-order valence-electron chi connectivity index (χ2n) is 7.46. The summed E-state index contributed by atoms with van der Waals surface area (Å²) in [6.07, 6.45) is 9.06. The molecule has 0 atom stereocenters. The predicted molar refractivity (Wildman–Crippen MR) is 110 cm³/mol. The molecule has 0 spiro atoms. The molecule has 2 aromatic rings. The fourth-order valence-electron chi connectivity index (χ4n) is 3.90. The first-order valence-electron chi connectivity index (χ1n) is 9.87. The van der Waals surface area contributed by atoms with Crippen molar-refractivity contribution in [3.8, 4) is 11.5 Å². The van der Waals surface area contributed by atoms with Crippen LogP contribution in [0.1, 0.15) is 46.3 Å². The number of allylic oxidation sites excluding steroid dienone is 3. The van der Waals surface area contributed by atoms with Gasteiger partial charge in [0.05, 0.1) is 11.1 Å². The van der Waals surface area contributed by atoms with Gasteiger partial charge in [-0.1, -0.05) is 48.9 Å². The highest BCUT2D eigenvalue weighted by atomic mass is 16.5. The number of hydrogen-bond donors (Lipinski definition) is 1. The van der Waals surface area contributed by atoms with Crippen molar-refractivity contribution in [2.45, 2.75) is 32.7 Å². The van der Waals surface area contributed by atoms with Gasteiger partial charge in [0.1, 0.15) is 11.5 Å². The fraction of sp³-hybridized carbons (Fsp3) is 0.292. The van der Waals surface area contributed by atoms with Crippen LogP contribution in [0, 0.1) is 6.92 Å². The van der Waals surface area contributed by atoms with E-state index in [1.807, 2.05) is 49.4 Å². The maximum absolute atomic E-state index is 12.9. The number of rotatable bonds is 4. The number of carbonyl (C=O) groups excluding carboxylic acids is 1. The summed E-state index contributed by atoms with van der Waals surface area (Å²) in [6.45, 7) is 4.47. The normalized spacial score (nSPS) is 18.6. The third-order valence-electron chi connectivity index (χ3n) is 5.39. The summed E-state index contributed by atoms with van der Waals surface area (Å²) < 4.78 is 5.97. The Bertz CT molecular complexity index is 938. The van der Waals surface area contributed by atoms with Crippen molar-refractivity contribution in [1.29, 1.82) is 0 Å². The number of Topliss-reactive ketones (excluding diaryl/α,β-unsaturated/α-hetero) is 1. The topological polar surface area (TPSA) is 49.8 Å². The lowest BCUT2D eigenvalue weighted by atomic mass is 9.99. The SMILES string of the molecule is Cc1cc(O)c(CN2CCCCC2)c2c1C(=O)/C(=C/C=C/c1ccccc1)O2. The zero-order chi connectivity index (χ0) is 19.5. The van der Waals surface area contributed by atoms with E-state index in [1.165, 1.54) is 19.3 Å². The molecule has 0 bridgehead atoms. The van der Waals surface area contributed by atoms with Gasteiger partial charge in [0.15, 0.2) is 5.76 Å². The smallest absolute Gasteiger partial charge is 0.232 e. The number of likely N-dealkylation sites (tertiary alicyclic amines) is 1. The van der Waals surface area contributed by atoms with E-state index >= 15 is 0 Å². The molecule has 0 aliphatic carbocycles. The van der Waals surface area contributed by atoms with Crippen molar-refractivity contribution in [2.24, 2.45) is 0 Å². The van der Waals surface area contributed by atoms with E-state index in [-0.39, 0.29) is 11.5 Å². The number of aromatic hydroxyl groups is 1. The number of ketones is 1. The minimum absolute atomic E-state index is 0.120. The van der Waals surface area contributed by atoms with Crippen LogP contribution in [-0.4, -0.2) is 28.9 Å². The first-order valence-corrected chi connectivity index (χ1v) is 9.87. The van der Waals surface area contributed by atoms with Crippen LogP contribution >= 0.6 is 0 Å². The van der Waals surface area contributed by atoms with Crippen LogP contribution < -0.4 is 4.74 Å². The van der Waals surface area contributed by atoms with Crippen LogP contribution in [-0.2, 0) is 6.54 Å². The highest BCUT2D eigenvalue weighted by Crippen LogP contribution is 2.42. The summed E-state index contributed by atoms with van der Waals surface area (Å²) in [5.41, 5.74) is 3.09. The van der Waals surface area contributed by atoms with Crippen LogP contribution in [0.3, 0.4) is 0 Å². The van der Waals surface area contributed by atoms with Crippen LogP contribution in [0.15, 0.2) is 54.3 Å². The standard InChI is InChI=1S/C24H25NO3/c1-17-15-20(26)19(16-25-13-6-3-7-14-25)24-22(17)23(27)21(28-24)12-8-11-18-9-4-2-5-10-18/h2,4-5,8-12,15,26H,3,6-7,13-14,16H2,1H3/b11-8+,21-12-. The highest BCUT2D eigenvalue weighted by molar-refractivity contribution is 6.13. The molecule has 2 aliphatic heterocycles. The highest BCUT2D eigenvalue weighted by Gasteiger charge is 2.33. The third kappa shape index (κ3) is 3.73. The molecule has 28 heavy (non-hydrogen) atoms. The number of nitrogens with zero attached hydrogens (tertiary/aromatic N) is 1. The van der Waals surface area contributed by atoms with Crippen molar-refractivity contribution >= 4 is 11.9 Å². The van der Waals surface area contributed by atoms with Gasteiger partial charge in [-0.05, 0) is 56.1 Å². The first kappa shape index (κ1) is 18.5. The van der Waals surface area contributed by atoms with Crippen LogP contribution in [0.4, 0.5) is 0 Å². The van der Waals surface area contributed by atoms with Gasteiger partial charge in [-0.2, -0.15) is 0 Å². The number of phenolic OH excluding ortho intramolecular Hbond substituents is 1. The maximum atomic E-state index is 12.9. The maximum Gasteiger partial charge on any atom is 0.232 e.